The molecule has 0 fully saturated rings. The molecular weight excluding hydrogens is 430 g/mol. The molecule has 0 aromatic heterocycles. The predicted molar refractivity (Wildman–Crippen MR) is 47.2 cm³/mol. The minimum atomic E-state index is 0. The second-order valence-electron chi connectivity index (χ2n) is 0. The molecule has 16 heavy (non-hydrogen) atoms. The van der Waals surface area contributed by atoms with Crippen LogP contribution in [-0.2, 0) is 34.1 Å². The van der Waals surface area contributed by atoms with Crippen molar-refractivity contribution >= 4 is 29.6 Å². The average Bonchev–Trinajstić information content (AvgIpc) is 2.33. The summed E-state index contributed by atoms with van der Waals surface area (Å²) in [5.74, 6) is 0. The molecule has 0 aliphatic rings. The zero-order chi connectivity index (χ0) is 12.0. The molecule has 0 heterocycles. The van der Waals surface area contributed by atoms with Crippen LogP contribution < -0.4 is 0 Å². The Kier molecular flexibility index (Phi) is 149000. The Bertz CT molecular complexity index is 108. The Labute approximate surface area is 173 Å². The first-order chi connectivity index (χ1) is 6.00. The van der Waals surface area contributed by atoms with Crippen molar-refractivity contribution < 1.29 is 75.9 Å². The van der Waals surface area contributed by atoms with Crippen molar-refractivity contribution in [3.05, 3.63) is 0 Å². The molecule has 6 nitrogen and oxygen atoms in total. The zero-order valence-electron chi connectivity index (χ0n) is 7.38. The van der Waals surface area contributed by atoms with Gasteiger partial charge in [-0.25, -0.2) is 31.6 Å². The van der Waals surface area contributed by atoms with Crippen LogP contribution in [0.3, 0.4) is 0 Å². The van der Waals surface area contributed by atoms with Crippen LogP contribution in [0.1, 0.15) is 0 Å². The Balaban J connectivity index is -0.00000000321. The second kappa shape index (κ2) is 25000. The summed E-state index contributed by atoms with van der Waals surface area (Å²) in [7, 11) is 0. The van der Waals surface area contributed by atoms with Crippen molar-refractivity contribution in [1.29, 1.82) is 31.6 Å². The fraction of sp³-hybridized carbons (Fsp3) is 0. The van der Waals surface area contributed by atoms with Crippen LogP contribution >= 0.6 is 0 Å². The molecule has 0 aromatic carbocycles. The van der Waals surface area contributed by atoms with Gasteiger partial charge < -0.3 is 0 Å². The van der Waals surface area contributed by atoms with Gasteiger partial charge in [-0.05, 0) is 0 Å². The molecular formula is C6H7CeFeMnN6Na. The number of nitriles is 6. The van der Waals surface area contributed by atoms with Gasteiger partial charge in [-0.3, -0.25) is 0 Å². The normalized spacial score (nSPS) is 0.750. The molecule has 0 aliphatic carbocycles. The summed E-state index contributed by atoms with van der Waals surface area (Å²) in [6.07, 6.45) is 0. The van der Waals surface area contributed by atoms with E-state index in [2.05, 4.69) is 39.4 Å². The molecule has 81 valence electrons. The van der Waals surface area contributed by atoms with E-state index in [1.807, 2.05) is 0 Å². The van der Waals surface area contributed by atoms with Gasteiger partial charge in [0.15, 0.2) is 0 Å². The topological polar surface area (TPSA) is 143 Å². The van der Waals surface area contributed by atoms with Crippen molar-refractivity contribution in [1.82, 2.24) is 0 Å². The first kappa shape index (κ1) is 95.5. The number of rotatable bonds is 0. The third-order valence-corrected chi connectivity index (χ3v) is 0. The van der Waals surface area contributed by atoms with Crippen molar-refractivity contribution in [2.24, 2.45) is 0 Å². The van der Waals surface area contributed by atoms with Gasteiger partial charge in [0.2, 0.25) is 0 Å². The summed E-state index contributed by atoms with van der Waals surface area (Å²) in [6.45, 7) is 21.0. The van der Waals surface area contributed by atoms with Gasteiger partial charge in [-0.15, -0.1) is 0 Å². The summed E-state index contributed by atoms with van der Waals surface area (Å²) >= 11 is 0. The summed E-state index contributed by atoms with van der Waals surface area (Å²) in [4.78, 5) is 0. The second-order valence-corrected chi connectivity index (χ2v) is 0. The van der Waals surface area contributed by atoms with Crippen molar-refractivity contribution in [2.45, 2.75) is 0 Å². The molecule has 0 unspecified atom stereocenters. The average molecular weight is 437 g/mol. The Hall–Kier alpha value is 0.356. The van der Waals surface area contributed by atoms with Crippen LogP contribution in [0.4, 0.5) is 0 Å². The van der Waals surface area contributed by atoms with Gasteiger partial charge in [0, 0.05) is 115 Å². The molecule has 0 saturated carbocycles. The van der Waals surface area contributed by atoms with Crippen molar-refractivity contribution in [2.75, 3.05) is 0 Å². The summed E-state index contributed by atoms with van der Waals surface area (Å²) in [5, 5.41) is 39.0. The first-order valence-electron chi connectivity index (χ1n) is 1.55. The van der Waals surface area contributed by atoms with Gasteiger partial charge in [0.25, 0.3) is 0 Å². The number of hydrogen-bond donors (Lipinski definition) is 0. The predicted octanol–water partition coefficient (Wildman–Crippen LogP) is 0.185. The summed E-state index contributed by atoms with van der Waals surface area (Å²) < 4.78 is 0. The molecule has 1 radical (unpaired) electrons. The number of nitrogens with zero attached hydrogens (tertiary/aromatic N) is 6. The molecule has 0 saturated heterocycles. The fourth-order valence-electron chi connectivity index (χ4n) is 0. The van der Waals surface area contributed by atoms with Gasteiger partial charge in [-0.2, -0.15) is 0 Å². The monoisotopic (exact) mass is 437 g/mol. The molecule has 0 N–H and O–H groups in total. The van der Waals surface area contributed by atoms with Crippen LogP contribution in [0, 0.1) is 113 Å². The maximum absolute atomic E-state index is 6.50. The fourth-order valence-corrected chi connectivity index (χ4v) is 0. The van der Waals surface area contributed by atoms with E-state index in [1.165, 1.54) is 0 Å². The maximum atomic E-state index is 6.50. The summed E-state index contributed by atoms with van der Waals surface area (Å²) in [6, 6.07) is 0. The molecule has 10 heteroatoms. The Morgan fingerprint density at radius 2 is 0.438 bits per heavy atom. The van der Waals surface area contributed by atoms with Crippen molar-refractivity contribution in [3.63, 3.8) is 0 Å². The minimum absolute atomic E-state index is 0. The van der Waals surface area contributed by atoms with E-state index in [0.29, 0.717) is 0 Å². The van der Waals surface area contributed by atoms with Crippen LogP contribution in [0.25, 0.3) is 0 Å². The molecule has 0 amide bonds. The van der Waals surface area contributed by atoms with Crippen LogP contribution in [0.2, 0.25) is 0 Å². The van der Waals surface area contributed by atoms with Gasteiger partial charge in [-0.1, -0.05) is 0 Å². The SMILES string of the molecule is C#N.C#N.C#N.C#N.C#N.C#N.[Ce].[Fe].[Mn].[NaH]. The van der Waals surface area contributed by atoms with E-state index in [0.717, 1.165) is 0 Å². The molecule has 0 atom stereocenters. The quantitative estimate of drug-likeness (QED) is 0.495. The molecule has 0 aliphatic heterocycles. The zero-order valence-corrected chi connectivity index (χ0v) is 12.8. The van der Waals surface area contributed by atoms with Gasteiger partial charge in [0.05, 0.1) is 0 Å². The third-order valence-electron chi connectivity index (χ3n) is 0. The van der Waals surface area contributed by atoms with Crippen LogP contribution in [0.15, 0.2) is 0 Å². The molecule has 0 rings (SSSR count). The molecule has 0 aromatic rings. The first-order valence-corrected chi connectivity index (χ1v) is 1.55. The van der Waals surface area contributed by atoms with E-state index in [1.54, 1.807) is 0 Å². The van der Waals surface area contributed by atoms with Crippen LogP contribution in [-0.4, -0.2) is 29.6 Å². The Morgan fingerprint density at radius 1 is 0.438 bits per heavy atom. The van der Waals surface area contributed by atoms with Crippen molar-refractivity contribution in [3.8, 4) is 39.4 Å². The van der Waals surface area contributed by atoms with Gasteiger partial charge in [0.1, 0.15) is 0 Å². The van der Waals surface area contributed by atoms with E-state index in [4.69, 9.17) is 31.6 Å². The standard InChI is InChI=1S/6CHN.Ce.Fe.Mn.Na.H/c6*1-2;;;;;/h6*1H;;;;;. The number of hydrogen-bond acceptors (Lipinski definition) is 6. The van der Waals surface area contributed by atoms with E-state index in [9.17, 15) is 0 Å². The van der Waals surface area contributed by atoms with E-state index >= 15 is 0 Å². The third kappa shape index (κ3) is 20300. The summed E-state index contributed by atoms with van der Waals surface area (Å²) in [5.41, 5.74) is 0. The van der Waals surface area contributed by atoms with Gasteiger partial charge >= 0.3 is 29.6 Å². The van der Waals surface area contributed by atoms with Crippen LogP contribution in [0.5, 0.6) is 0 Å². The molecule has 0 bridgehead atoms. The molecule has 0 spiro atoms. The van der Waals surface area contributed by atoms with E-state index < -0.39 is 0 Å². The Morgan fingerprint density at radius 3 is 0.438 bits per heavy atom. The van der Waals surface area contributed by atoms with E-state index in [-0.39, 0.29) is 105 Å².